The number of hydrazone groups is 1. The van der Waals surface area contributed by atoms with Crippen LogP contribution in [0.2, 0.25) is 0 Å². The van der Waals surface area contributed by atoms with Gasteiger partial charge in [0.25, 0.3) is 11.8 Å². The number of nitrogens with zero attached hydrogens (tertiary/aromatic N) is 2. The number of imide groups is 1. The maximum absolute atomic E-state index is 12.9. The predicted octanol–water partition coefficient (Wildman–Crippen LogP) is 3.65. The van der Waals surface area contributed by atoms with Gasteiger partial charge in [0.2, 0.25) is 0 Å². The van der Waals surface area contributed by atoms with E-state index < -0.39 is 0 Å². The summed E-state index contributed by atoms with van der Waals surface area (Å²) >= 11 is 0. The zero-order valence-electron chi connectivity index (χ0n) is 16.4. The second-order valence-electron chi connectivity index (χ2n) is 8.73. The first kappa shape index (κ1) is 17.6. The van der Waals surface area contributed by atoms with Crippen molar-refractivity contribution in [2.24, 2.45) is 40.6 Å². The highest BCUT2D eigenvalue weighted by molar-refractivity contribution is 6.06. The number of benzene rings is 2. The topological polar surface area (TPSA) is 59.0 Å². The minimum absolute atomic E-state index is 0.131. The summed E-state index contributed by atoms with van der Waals surface area (Å²) in [7, 11) is 0. The lowest BCUT2D eigenvalue weighted by molar-refractivity contribution is -0.140. The van der Waals surface area contributed by atoms with Crippen LogP contribution in [0.25, 0.3) is 0 Å². The first-order valence-corrected chi connectivity index (χ1v) is 10.6. The molecule has 1 heterocycles. The lowest BCUT2D eigenvalue weighted by Crippen LogP contribution is -2.40. The Kier molecular flexibility index (Phi) is 3.91. The Labute approximate surface area is 175 Å². The Hall–Kier alpha value is -3.21. The highest BCUT2D eigenvalue weighted by Crippen LogP contribution is 2.65. The molecule has 5 aliphatic rings. The van der Waals surface area contributed by atoms with E-state index in [-0.39, 0.29) is 35.5 Å². The maximum Gasteiger partial charge on any atom is 0.254 e. The van der Waals surface area contributed by atoms with Crippen molar-refractivity contribution >= 4 is 18.0 Å². The fourth-order valence-corrected chi connectivity index (χ4v) is 5.57. The van der Waals surface area contributed by atoms with E-state index in [1.165, 1.54) is 0 Å². The molecule has 0 radical (unpaired) electrons. The van der Waals surface area contributed by atoms with Crippen molar-refractivity contribution in [3.8, 4) is 5.75 Å². The van der Waals surface area contributed by atoms with Crippen molar-refractivity contribution < 1.29 is 14.3 Å². The third kappa shape index (κ3) is 2.72. The largest absolute Gasteiger partial charge is 0.489 e. The number of hydrogen-bond donors (Lipinski definition) is 0. The van der Waals surface area contributed by atoms with Crippen LogP contribution in [-0.4, -0.2) is 23.0 Å². The number of carbonyl (C=O) groups is 2. The molecule has 5 heteroatoms. The minimum Gasteiger partial charge on any atom is -0.489 e. The molecule has 2 amide bonds. The van der Waals surface area contributed by atoms with Crippen LogP contribution in [0.5, 0.6) is 5.75 Å². The third-order valence-electron chi connectivity index (χ3n) is 7.09. The average Bonchev–Trinajstić information content (AvgIpc) is 3.57. The average molecular weight is 398 g/mol. The van der Waals surface area contributed by atoms with E-state index in [1.807, 2.05) is 54.6 Å². The van der Waals surface area contributed by atoms with Gasteiger partial charge in [-0.3, -0.25) is 9.59 Å². The molecule has 0 spiro atoms. The molecule has 2 saturated carbocycles. The highest BCUT2D eigenvalue weighted by Gasteiger charge is 2.67. The molecule has 6 atom stereocenters. The highest BCUT2D eigenvalue weighted by atomic mass is 16.5. The van der Waals surface area contributed by atoms with Crippen LogP contribution >= 0.6 is 0 Å². The summed E-state index contributed by atoms with van der Waals surface area (Å²) in [6, 6.07) is 17.5. The molecule has 30 heavy (non-hydrogen) atoms. The summed E-state index contributed by atoms with van der Waals surface area (Å²) in [4.78, 5) is 25.9. The predicted molar refractivity (Wildman–Crippen MR) is 111 cm³/mol. The molecule has 0 N–H and O–H groups in total. The van der Waals surface area contributed by atoms with E-state index in [2.05, 4.69) is 17.3 Å². The zero-order chi connectivity index (χ0) is 20.2. The summed E-state index contributed by atoms with van der Waals surface area (Å²) in [5.41, 5.74) is 1.93. The quantitative estimate of drug-likeness (QED) is 0.439. The van der Waals surface area contributed by atoms with Crippen LogP contribution in [0.3, 0.4) is 0 Å². The molecule has 5 nitrogen and oxygen atoms in total. The minimum atomic E-state index is -0.206. The second-order valence-corrected chi connectivity index (χ2v) is 8.73. The number of hydrogen-bond acceptors (Lipinski definition) is 4. The smallest absolute Gasteiger partial charge is 0.254 e. The van der Waals surface area contributed by atoms with Crippen LogP contribution in [0.15, 0.2) is 71.9 Å². The Morgan fingerprint density at radius 1 is 0.900 bits per heavy atom. The normalized spacial score (nSPS) is 33.1. The van der Waals surface area contributed by atoms with Gasteiger partial charge in [-0.05, 0) is 65.5 Å². The number of amides is 2. The number of carbonyl (C=O) groups excluding carboxylic acids is 2. The molecule has 7 rings (SSSR count). The van der Waals surface area contributed by atoms with E-state index in [1.54, 1.807) is 6.21 Å². The Bertz CT molecular complexity index is 1020. The Morgan fingerprint density at radius 2 is 1.53 bits per heavy atom. The fourth-order valence-electron chi connectivity index (χ4n) is 5.57. The van der Waals surface area contributed by atoms with Gasteiger partial charge in [0.05, 0.1) is 18.1 Å². The number of ether oxygens (including phenoxy) is 1. The molecule has 2 aromatic rings. The molecular weight excluding hydrogens is 376 g/mol. The molecule has 2 aromatic carbocycles. The van der Waals surface area contributed by atoms with E-state index in [4.69, 9.17) is 4.74 Å². The molecule has 0 unspecified atom stereocenters. The van der Waals surface area contributed by atoms with Crippen molar-refractivity contribution in [3.63, 3.8) is 0 Å². The summed E-state index contributed by atoms with van der Waals surface area (Å²) in [5.74, 6) is 1.74. The molecular formula is C25H22N2O3. The number of allylic oxidation sites excluding steroid dienone is 2. The van der Waals surface area contributed by atoms with Gasteiger partial charge in [0.15, 0.2) is 0 Å². The van der Waals surface area contributed by atoms with Crippen molar-refractivity contribution in [2.75, 3.05) is 0 Å². The Balaban J connectivity index is 1.13. The monoisotopic (exact) mass is 398 g/mol. The molecule has 2 bridgehead atoms. The standard InChI is InChI=1S/C25H22N2O3/c28-24-22-18-10-11-19(21-12-20(18)21)23(22)25(29)27(24)26-13-15-6-8-17(9-7-15)30-14-16-4-2-1-3-5-16/h1-11,13,18-23H,12,14H2/b26-13-/t18-,19-,20-,21-,22-,23+/m0/s1. The molecule has 1 aliphatic heterocycles. The summed E-state index contributed by atoms with van der Waals surface area (Å²) in [6.45, 7) is 0.506. The first-order chi connectivity index (χ1) is 14.7. The summed E-state index contributed by atoms with van der Waals surface area (Å²) < 4.78 is 5.80. The summed E-state index contributed by atoms with van der Waals surface area (Å²) in [6.07, 6.45) is 7.10. The molecule has 1 saturated heterocycles. The van der Waals surface area contributed by atoms with Crippen molar-refractivity contribution in [2.45, 2.75) is 13.0 Å². The summed E-state index contributed by atoms with van der Waals surface area (Å²) in [5, 5.41) is 5.40. The fraction of sp³-hybridized carbons (Fsp3) is 0.320. The third-order valence-corrected chi connectivity index (χ3v) is 7.09. The van der Waals surface area contributed by atoms with Gasteiger partial charge in [-0.1, -0.05) is 42.5 Å². The van der Waals surface area contributed by atoms with Crippen LogP contribution in [0, 0.1) is 35.5 Å². The van der Waals surface area contributed by atoms with E-state index in [0.29, 0.717) is 18.4 Å². The first-order valence-electron chi connectivity index (χ1n) is 10.6. The van der Waals surface area contributed by atoms with Gasteiger partial charge in [-0.15, -0.1) is 0 Å². The molecule has 0 aromatic heterocycles. The zero-order valence-corrected chi connectivity index (χ0v) is 16.4. The number of rotatable bonds is 5. The van der Waals surface area contributed by atoms with Gasteiger partial charge in [0.1, 0.15) is 12.4 Å². The molecule has 150 valence electrons. The van der Waals surface area contributed by atoms with Crippen molar-refractivity contribution in [1.29, 1.82) is 0 Å². The Morgan fingerprint density at radius 3 is 2.17 bits per heavy atom. The maximum atomic E-state index is 12.9. The lowest BCUT2D eigenvalue weighted by Gasteiger charge is -2.37. The van der Waals surface area contributed by atoms with Gasteiger partial charge >= 0.3 is 0 Å². The molecule has 4 aliphatic carbocycles. The van der Waals surface area contributed by atoms with Gasteiger partial charge in [0, 0.05) is 0 Å². The van der Waals surface area contributed by atoms with Crippen LogP contribution in [0.1, 0.15) is 17.5 Å². The van der Waals surface area contributed by atoms with Gasteiger partial charge in [-0.25, -0.2) is 0 Å². The van der Waals surface area contributed by atoms with Crippen LogP contribution in [-0.2, 0) is 16.2 Å². The van der Waals surface area contributed by atoms with E-state index in [0.717, 1.165) is 28.3 Å². The van der Waals surface area contributed by atoms with Gasteiger partial charge in [-0.2, -0.15) is 10.1 Å². The van der Waals surface area contributed by atoms with E-state index in [9.17, 15) is 9.59 Å². The van der Waals surface area contributed by atoms with Crippen LogP contribution in [0.4, 0.5) is 0 Å². The molecule has 3 fully saturated rings. The second kappa shape index (κ2) is 6.66. The lowest BCUT2D eigenvalue weighted by atomic mass is 9.63. The van der Waals surface area contributed by atoms with Crippen molar-refractivity contribution in [3.05, 3.63) is 77.9 Å². The van der Waals surface area contributed by atoms with Crippen molar-refractivity contribution in [1.82, 2.24) is 5.01 Å². The van der Waals surface area contributed by atoms with E-state index >= 15 is 0 Å². The van der Waals surface area contributed by atoms with Crippen LogP contribution < -0.4 is 4.74 Å². The SMILES string of the molecule is O=C1[C@@H]2[C@H]3C=C[C@@H]([C@@H]4C[C@@H]34)[C@@H]2C(=O)N1/N=C\c1ccc(OCc2ccccc2)cc1. The van der Waals surface area contributed by atoms with Gasteiger partial charge < -0.3 is 4.74 Å².